The lowest BCUT2D eigenvalue weighted by Crippen LogP contribution is -2.48. The van der Waals surface area contributed by atoms with Gasteiger partial charge in [0.05, 0.1) is 0 Å². The first kappa shape index (κ1) is 23.5. The summed E-state index contributed by atoms with van der Waals surface area (Å²) in [6.07, 6.45) is 0.314. The van der Waals surface area contributed by atoms with Crippen molar-refractivity contribution in [3.8, 4) is 0 Å². The van der Waals surface area contributed by atoms with Crippen molar-refractivity contribution in [2.24, 2.45) is 11.8 Å². The second-order valence-corrected chi connectivity index (χ2v) is 9.34. The Morgan fingerprint density at radius 3 is 1.97 bits per heavy atom. The molecule has 170 valence electrons. The second-order valence-electron chi connectivity index (χ2n) is 9.34. The zero-order chi connectivity index (χ0) is 23.3. The predicted molar refractivity (Wildman–Crippen MR) is 125 cm³/mol. The largest absolute Gasteiger partial charge is 0.341 e. The van der Waals surface area contributed by atoms with Crippen molar-refractivity contribution in [3.63, 3.8) is 0 Å². The zero-order valence-corrected chi connectivity index (χ0v) is 19.4. The highest BCUT2D eigenvalue weighted by molar-refractivity contribution is 6.09. The van der Waals surface area contributed by atoms with Gasteiger partial charge in [-0.05, 0) is 23.0 Å². The highest BCUT2D eigenvalue weighted by Gasteiger charge is 2.52. The summed E-state index contributed by atoms with van der Waals surface area (Å²) in [6.45, 7) is 9.13. The normalized spacial score (nSPS) is 18.4. The molecule has 0 bridgehead atoms. The van der Waals surface area contributed by atoms with Gasteiger partial charge >= 0.3 is 6.03 Å². The third-order valence-corrected chi connectivity index (χ3v) is 5.57. The van der Waals surface area contributed by atoms with E-state index in [1.54, 1.807) is 4.90 Å². The summed E-state index contributed by atoms with van der Waals surface area (Å²) in [6, 6.07) is 18.3. The van der Waals surface area contributed by atoms with E-state index in [4.69, 9.17) is 0 Å². The zero-order valence-electron chi connectivity index (χ0n) is 19.4. The molecule has 2 aromatic rings. The fourth-order valence-electron chi connectivity index (χ4n) is 4.21. The minimum atomic E-state index is -1.24. The van der Waals surface area contributed by atoms with E-state index < -0.39 is 11.6 Å². The highest BCUT2D eigenvalue weighted by Crippen LogP contribution is 2.33. The smallest absolute Gasteiger partial charge is 0.325 e. The quantitative estimate of drug-likeness (QED) is 0.609. The van der Waals surface area contributed by atoms with E-state index in [0.29, 0.717) is 36.9 Å². The molecule has 1 aliphatic rings. The molecule has 1 saturated heterocycles. The molecular formula is C26H33N3O3. The van der Waals surface area contributed by atoms with Crippen LogP contribution in [0, 0.1) is 11.8 Å². The molecule has 2 aromatic carbocycles. The van der Waals surface area contributed by atoms with Crippen LogP contribution in [0.3, 0.4) is 0 Å². The van der Waals surface area contributed by atoms with Gasteiger partial charge in [-0.2, -0.15) is 0 Å². The number of nitrogens with zero attached hydrogens (tertiary/aromatic N) is 2. The Kier molecular flexibility index (Phi) is 7.33. The van der Waals surface area contributed by atoms with Crippen LogP contribution in [0.25, 0.3) is 0 Å². The predicted octanol–water partition coefficient (Wildman–Crippen LogP) is 3.82. The Bertz CT molecular complexity index is 933. The molecule has 1 heterocycles. The van der Waals surface area contributed by atoms with Crippen molar-refractivity contribution >= 4 is 17.8 Å². The van der Waals surface area contributed by atoms with Crippen molar-refractivity contribution in [2.75, 3.05) is 19.6 Å². The molecule has 3 rings (SSSR count). The molecular weight excluding hydrogens is 402 g/mol. The Labute approximate surface area is 190 Å². The van der Waals surface area contributed by atoms with Crippen LogP contribution in [-0.4, -0.2) is 47.3 Å². The van der Waals surface area contributed by atoms with E-state index in [2.05, 4.69) is 33.0 Å². The molecule has 1 unspecified atom stereocenters. The second kappa shape index (κ2) is 9.98. The number of benzene rings is 2. The Hall–Kier alpha value is -3.15. The van der Waals surface area contributed by atoms with Gasteiger partial charge in [0.1, 0.15) is 6.54 Å². The summed E-state index contributed by atoms with van der Waals surface area (Å²) in [5.41, 5.74) is 0.402. The Morgan fingerprint density at radius 1 is 0.906 bits per heavy atom. The molecule has 32 heavy (non-hydrogen) atoms. The lowest BCUT2D eigenvalue weighted by molar-refractivity contribution is -0.139. The van der Waals surface area contributed by atoms with E-state index in [0.717, 1.165) is 10.5 Å². The minimum Gasteiger partial charge on any atom is -0.341 e. The van der Waals surface area contributed by atoms with Crippen LogP contribution < -0.4 is 5.32 Å². The molecule has 0 aromatic heterocycles. The molecule has 1 fully saturated rings. The van der Waals surface area contributed by atoms with Crippen LogP contribution in [0.4, 0.5) is 4.79 Å². The van der Waals surface area contributed by atoms with Gasteiger partial charge in [-0.15, -0.1) is 0 Å². The van der Waals surface area contributed by atoms with Crippen molar-refractivity contribution in [3.05, 3.63) is 71.8 Å². The average molecular weight is 436 g/mol. The highest BCUT2D eigenvalue weighted by atomic mass is 16.2. The number of hydrogen-bond acceptors (Lipinski definition) is 3. The average Bonchev–Trinajstić information content (AvgIpc) is 2.99. The topological polar surface area (TPSA) is 69.7 Å². The van der Waals surface area contributed by atoms with Crippen LogP contribution in [0.5, 0.6) is 0 Å². The van der Waals surface area contributed by atoms with Crippen LogP contribution in [-0.2, 0) is 21.5 Å². The third-order valence-electron chi connectivity index (χ3n) is 5.57. The van der Waals surface area contributed by atoms with Gasteiger partial charge in [0.2, 0.25) is 5.91 Å². The van der Waals surface area contributed by atoms with Gasteiger partial charge in [-0.25, -0.2) is 4.79 Å². The van der Waals surface area contributed by atoms with Crippen LogP contribution >= 0.6 is 0 Å². The molecule has 0 radical (unpaired) electrons. The number of nitrogens with one attached hydrogen (secondary N) is 1. The molecule has 1 atom stereocenters. The summed E-state index contributed by atoms with van der Waals surface area (Å²) in [5, 5.41) is 2.92. The molecule has 1 N–H and O–H groups in total. The maximum absolute atomic E-state index is 13.7. The minimum absolute atomic E-state index is 0.209. The first-order valence-corrected chi connectivity index (χ1v) is 11.2. The van der Waals surface area contributed by atoms with Gasteiger partial charge in [0, 0.05) is 19.5 Å². The fourth-order valence-corrected chi connectivity index (χ4v) is 4.21. The van der Waals surface area contributed by atoms with Gasteiger partial charge in [0.25, 0.3) is 5.91 Å². The Balaban J connectivity index is 1.90. The number of hydrogen-bond donors (Lipinski definition) is 1. The van der Waals surface area contributed by atoms with Crippen LogP contribution in [0.1, 0.15) is 38.8 Å². The number of amides is 4. The summed E-state index contributed by atoms with van der Waals surface area (Å²) < 4.78 is 0. The van der Waals surface area contributed by atoms with Gasteiger partial charge in [-0.3, -0.25) is 14.5 Å². The first-order valence-electron chi connectivity index (χ1n) is 11.2. The van der Waals surface area contributed by atoms with Crippen molar-refractivity contribution in [1.82, 2.24) is 15.1 Å². The van der Waals surface area contributed by atoms with Gasteiger partial charge in [0.15, 0.2) is 5.54 Å². The number of carbonyl (C=O) groups excluding carboxylic acids is 3. The monoisotopic (exact) mass is 435 g/mol. The van der Waals surface area contributed by atoms with Crippen LogP contribution in [0.15, 0.2) is 60.7 Å². The van der Waals surface area contributed by atoms with E-state index in [1.165, 1.54) is 0 Å². The number of urea groups is 1. The Morgan fingerprint density at radius 2 is 1.44 bits per heavy atom. The molecule has 1 aliphatic heterocycles. The SMILES string of the molecule is CC(C)CN(CC(C)C)C(=O)CN1C(=O)NC(Cc2ccccc2)(c2ccccc2)C1=O. The number of rotatable bonds is 9. The molecule has 6 heteroatoms. The van der Waals surface area contributed by atoms with E-state index in [1.807, 2.05) is 60.7 Å². The van der Waals surface area contributed by atoms with Gasteiger partial charge < -0.3 is 10.2 Å². The van der Waals surface area contributed by atoms with Gasteiger partial charge in [-0.1, -0.05) is 88.4 Å². The van der Waals surface area contributed by atoms with Crippen LogP contribution in [0.2, 0.25) is 0 Å². The summed E-state index contributed by atoms with van der Waals surface area (Å²) in [7, 11) is 0. The summed E-state index contributed by atoms with van der Waals surface area (Å²) in [5.74, 6) is -0.0102. The van der Waals surface area contributed by atoms with E-state index >= 15 is 0 Å². The van der Waals surface area contributed by atoms with E-state index in [-0.39, 0.29) is 18.4 Å². The molecule has 0 spiro atoms. The molecule has 0 aliphatic carbocycles. The molecule has 6 nitrogen and oxygen atoms in total. The summed E-state index contributed by atoms with van der Waals surface area (Å²) >= 11 is 0. The standard InChI is InChI=1S/C26H33N3O3/c1-19(2)16-28(17-20(3)4)23(30)18-29-24(31)26(27-25(29)32,22-13-9-6-10-14-22)15-21-11-7-5-8-12-21/h5-14,19-20H,15-18H2,1-4H3,(H,27,32). The van der Waals surface area contributed by atoms with Crippen molar-refractivity contribution in [2.45, 2.75) is 39.7 Å². The van der Waals surface area contributed by atoms with Crippen molar-refractivity contribution in [1.29, 1.82) is 0 Å². The lowest BCUT2D eigenvalue weighted by Gasteiger charge is -2.29. The molecule has 0 saturated carbocycles. The van der Waals surface area contributed by atoms with E-state index in [9.17, 15) is 14.4 Å². The maximum Gasteiger partial charge on any atom is 0.325 e. The first-order chi connectivity index (χ1) is 15.2. The lowest BCUT2D eigenvalue weighted by atomic mass is 9.83. The fraction of sp³-hybridized carbons (Fsp3) is 0.423. The summed E-state index contributed by atoms with van der Waals surface area (Å²) in [4.78, 5) is 42.7. The third kappa shape index (κ3) is 5.18. The van der Waals surface area contributed by atoms with Crippen molar-refractivity contribution < 1.29 is 14.4 Å². The number of carbonyl (C=O) groups is 3. The number of imide groups is 1. The molecule has 4 amide bonds. The maximum atomic E-state index is 13.7.